The van der Waals surface area contributed by atoms with E-state index in [9.17, 15) is 0 Å². The lowest BCUT2D eigenvalue weighted by Gasteiger charge is -2.29. The van der Waals surface area contributed by atoms with Crippen LogP contribution in [0.4, 0.5) is 11.4 Å². The van der Waals surface area contributed by atoms with Crippen molar-refractivity contribution in [1.29, 1.82) is 0 Å². The fourth-order valence-electron chi connectivity index (χ4n) is 2.04. The number of hydrogen-bond acceptors (Lipinski definition) is 2. The van der Waals surface area contributed by atoms with Crippen LogP contribution >= 0.6 is 11.8 Å². The molecular formula is C15H13NS. The molecule has 0 amide bonds. The van der Waals surface area contributed by atoms with Crippen LogP contribution in [0, 0.1) is 0 Å². The largest absolute Gasteiger partial charge is 0.315 e. The van der Waals surface area contributed by atoms with Crippen molar-refractivity contribution in [2.75, 3.05) is 4.90 Å². The first-order valence-electron chi connectivity index (χ1n) is 5.68. The van der Waals surface area contributed by atoms with E-state index in [0.717, 1.165) is 0 Å². The van der Waals surface area contributed by atoms with Crippen LogP contribution < -0.4 is 4.90 Å². The quantitative estimate of drug-likeness (QED) is 0.701. The predicted molar refractivity (Wildman–Crippen MR) is 74.0 cm³/mol. The van der Waals surface area contributed by atoms with Crippen molar-refractivity contribution in [2.24, 2.45) is 0 Å². The molecule has 1 heterocycles. The molecule has 0 aromatic heterocycles. The molecule has 0 spiro atoms. The maximum absolute atomic E-state index is 2.25. The Labute approximate surface area is 106 Å². The smallest absolute Gasteiger partial charge is 0.0595 e. The van der Waals surface area contributed by atoms with E-state index >= 15 is 0 Å². The van der Waals surface area contributed by atoms with Crippen LogP contribution in [0.2, 0.25) is 0 Å². The van der Waals surface area contributed by atoms with Gasteiger partial charge in [0.1, 0.15) is 0 Å². The molecule has 0 unspecified atom stereocenters. The summed E-state index contributed by atoms with van der Waals surface area (Å²) in [5.74, 6) is 0. The zero-order valence-corrected chi connectivity index (χ0v) is 10.4. The van der Waals surface area contributed by atoms with Gasteiger partial charge in [0.25, 0.3) is 0 Å². The van der Waals surface area contributed by atoms with E-state index < -0.39 is 0 Å². The van der Waals surface area contributed by atoms with Crippen molar-refractivity contribution in [3.05, 3.63) is 60.8 Å². The lowest BCUT2D eigenvalue weighted by Crippen LogP contribution is -2.13. The van der Waals surface area contributed by atoms with Crippen LogP contribution in [-0.4, -0.2) is 0 Å². The molecule has 1 aliphatic heterocycles. The molecule has 2 aromatic carbocycles. The van der Waals surface area contributed by atoms with Gasteiger partial charge < -0.3 is 4.90 Å². The average molecular weight is 239 g/mol. The molecule has 0 bridgehead atoms. The molecule has 0 radical (unpaired) electrons. The second-order valence-corrected chi connectivity index (χ2v) is 4.97. The van der Waals surface area contributed by atoms with E-state index in [1.54, 1.807) is 0 Å². The molecule has 1 nitrogen and oxygen atoms in total. The van der Waals surface area contributed by atoms with E-state index in [0.29, 0.717) is 0 Å². The van der Waals surface area contributed by atoms with Crippen LogP contribution in [0.15, 0.2) is 70.6 Å². The summed E-state index contributed by atoms with van der Waals surface area (Å²) in [6.45, 7) is 2.05. The first-order valence-corrected chi connectivity index (χ1v) is 6.50. The standard InChI is InChI=1S/C15H13NS/c1-2-11-16-12-7-3-5-9-14(12)17-15-10-6-4-8-13(15)16/h2-11H,1H3. The number of anilines is 2. The molecular weight excluding hydrogens is 226 g/mol. The summed E-state index contributed by atoms with van der Waals surface area (Å²) < 4.78 is 0. The molecule has 0 saturated heterocycles. The summed E-state index contributed by atoms with van der Waals surface area (Å²) in [5.41, 5.74) is 2.52. The highest BCUT2D eigenvalue weighted by atomic mass is 32.2. The third kappa shape index (κ3) is 1.75. The zero-order chi connectivity index (χ0) is 11.7. The van der Waals surface area contributed by atoms with Crippen molar-refractivity contribution in [3.63, 3.8) is 0 Å². The van der Waals surface area contributed by atoms with Crippen LogP contribution in [-0.2, 0) is 0 Å². The summed E-state index contributed by atoms with van der Waals surface area (Å²) in [5, 5.41) is 0. The van der Waals surface area contributed by atoms with Gasteiger partial charge in [-0.05, 0) is 31.2 Å². The summed E-state index contributed by atoms with van der Waals surface area (Å²) in [6, 6.07) is 17.0. The predicted octanol–water partition coefficient (Wildman–Crippen LogP) is 4.82. The minimum absolute atomic E-state index is 1.26. The van der Waals surface area contributed by atoms with Gasteiger partial charge in [-0.1, -0.05) is 42.1 Å². The van der Waals surface area contributed by atoms with Gasteiger partial charge in [-0.15, -0.1) is 0 Å². The van der Waals surface area contributed by atoms with Crippen LogP contribution in [0.25, 0.3) is 0 Å². The third-order valence-corrected chi connectivity index (χ3v) is 3.90. The number of rotatable bonds is 1. The molecule has 2 heteroatoms. The molecule has 0 fully saturated rings. The molecule has 2 aromatic rings. The Kier molecular flexibility index (Phi) is 2.65. The molecule has 0 aliphatic carbocycles. The topological polar surface area (TPSA) is 3.24 Å². The minimum Gasteiger partial charge on any atom is -0.315 e. The van der Waals surface area contributed by atoms with Gasteiger partial charge in [0.15, 0.2) is 0 Å². The van der Waals surface area contributed by atoms with Gasteiger partial charge in [0.05, 0.1) is 11.4 Å². The minimum atomic E-state index is 1.26. The van der Waals surface area contributed by atoms with Gasteiger partial charge in [-0.3, -0.25) is 0 Å². The summed E-state index contributed by atoms with van der Waals surface area (Å²) in [6.07, 6.45) is 4.20. The van der Waals surface area contributed by atoms with Crippen LogP contribution in [0.3, 0.4) is 0 Å². The number of benzene rings is 2. The molecule has 0 saturated carbocycles. The number of hydrogen-bond donors (Lipinski definition) is 0. The molecule has 3 rings (SSSR count). The second kappa shape index (κ2) is 4.30. The van der Waals surface area contributed by atoms with Crippen molar-refractivity contribution < 1.29 is 0 Å². The van der Waals surface area contributed by atoms with Crippen LogP contribution in [0.5, 0.6) is 0 Å². The molecule has 84 valence electrons. The third-order valence-electron chi connectivity index (χ3n) is 2.77. The van der Waals surface area contributed by atoms with E-state index in [4.69, 9.17) is 0 Å². The molecule has 17 heavy (non-hydrogen) atoms. The first-order chi connectivity index (χ1) is 8.40. The number of allylic oxidation sites excluding steroid dienone is 1. The Morgan fingerprint density at radius 1 is 0.882 bits per heavy atom. The van der Waals surface area contributed by atoms with E-state index in [1.807, 2.05) is 18.7 Å². The van der Waals surface area contributed by atoms with Crippen molar-refractivity contribution in [2.45, 2.75) is 16.7 Å². The van der Waals surface area contributed by atoms with Gasteiger partial charge in [-0.2, -0.15) is 0 Å². The van der Waals surface area contributed by atoms with Crippen molar-refractivity contribution in [3.8, 4) is 0 Å². The summed E-state index contributed by atoms with van der Waals surface area (Å²) >= 11 is 1.84. The fourth-order valence-corrected chi connectivity index (χ4v) is 3.11. The van der Waals surface area contributed by atoms with Crippen molar-refractivity contribution in [1.82, 2.24) is 0 Å². The van der Waals surface area contributed by atoms with Crippen LogP contribution in [0.1, 0.15) is 6.92 Å². The Bertz CT molecular complexity index is 529. The maximum atomic E-state index is 2.25. The highest BCUT2D eigenvalue weighted by molar-refractivity contribution is 7.99. The summed E-state index contributed by atoms with van der Waals surface area (Å²) in [4.78, 5) is 4.87. The lowest BCUT2D eigenvalue weighted by molar-refractivity contribution is 1.16. The Morgan fingerprint density at radius 3 is 1.94 bits per heavy atom. The Hall–Kier alpha value is -1.67. The van der Waals surface area contributed by atoms with E-state index in [1.165, 1.54) is 21.2 Å². The van der Waals surface area contributed by atoms with Gasteiger partial charge >= 0.3 is 0 Å². The number of para-hydroxylation sites is 2. The van der Waals surface area contributed by atoms with Gasteiger partial charge in [0, 0.05) is 16.0 Å². The first kappa shape index (κ1) is 10.5. The maximum Gasteiger partial charge on any atom is 0.0595 e. The summed E-state index contributed by atoms with van der Waals surface area (Å²) in [7, 11) is 0. The Morgan fingerprint density at radius 2 is 1.41 bits per heavy atom. The fraction of sp³-hybridized carbons (Fsp3) is 0.0667. The van der Waals surface area contributed by atoms with Gasteiger partial charge in [0.2, 0.25) is 0 Å². The zero-order valence-electron chi connectivity index (χ0n) is 9.63. The van der Waals surface area contributed by atoms with Gasteiger partial charge in [-0.25, -0.2) is 0 Å². The molecule has 0 N–H and O–H groups in total. The lowest BCUT2D eigenvalue weighted by atomic mass is 10.2. The molecule has 1 aliphatic rings. The number of fused-ring (bicyclic) bond motifs is 2. The molecule has 0 atom stereocenters. The average Bonchev–Trinajstić information content (AvgIpc) is 2.39. The van der Waals surface area contributed by atoms with E-state index in [2.05, 4.69) is 65.7 Å². The monoisotopic (exact) mass is 239 g/mol. The second-order valence-electron chi connectivity index (χ2n) is 3.89. The SMILES string of the molecule is CC=CN1c2ccccc2Sc2ccccc21. The normalized spacial score (nSPS) is 13.6. The van der Waals surface area contributed by atoms with Crippen molar-refractivity contribution >= 4 is 23.1 Å². The highest BCUT2D eigenvalue weighted by Gasteiger charge is 2.20. The number of nitrogens with zero attached hydrogens (tertiary/aromatic N) is 1. The Balaban J connectivity index is 2.20. The highest BCUT2D eigenvalue weighted by Crippen LogP contribution is 2.47. The van der Waals surface area contributed by atoms with E-state index in [-0.39, 0.29) is 0 Å².